The molecule has 3 fully saturated rings. The summed E-state index contributed by atoms with van der Waals surface area (Å²) in [6.07, 6.45) is 15.8. The molecule has 33 heavy (non-hydrogen) atoms. The molecule has 0 saturated heterocycles. The normalized spacial score (nSPS) is 37.0. The Morgan fingerprint density at radius 1 is 1.18 bits per heavy atom. The Morgan fingerprint density at radius 3 is 2.58 bits per heavy atom. The number of rotatable bonds is 6. The Kier molecular flexibility index (Phi) is 8.48. The summed E-state index contributed by atoms with van der Waals surface area (Å²) in [5.74, 6) is 2.97. The van der Waals surface area contributed by atoms with Crippen molar-refractivity contribution in [2.75, 3.05) is 0 Å². The van der Waals surface area contributed by atoms with Gasteiger partial charge < -0.3 is 9.84 Å². The molecule has 3 aliphatic carbocycles. The van der Waals surface area contributed by atoms with E-state index in [0.29, 0.717) is 41.9 Å². The lowest BCUT2D eigenvalue weighted by atomic mass is 9.61. The molecule has 0 aromatic rings. The van der Waals surface area contributed by atoms with E-state index in [1.54, 1.807) is 5.57 Å². The first-order valence-corrected chi connectivity index (χ1v) is 13.1. The maximum absolute atomic E-state index is 11.5. The number of ether oxygens (including phenoxy) is 1. The number of carbonyl (C=O) groups excluding carboxylic acids is 1. The second kappa shape index (κ2) is 10.8. The van der Waals surface area contributed by atoms with Gasteiger partial charge in [0.15, 0.2) is 0 Å². The summed E-state index contributed by atoms with van der Waals surface area (Å²) in [6.45, 7) is 17.5. The van der Waals surface area contributed by atoms with Crippen LogP contribution in [0.3, 0.4) is 0 Å². The van der Waals surface area contributed by atoms with Gasteiger partial charge in [-0.25, -0.2) is 0 Å². The highest BCUT2D eigenvalue weighted by Gasteiger charge is 2.50. The van der Waals surface area contributed by atoms with E-state index >= 15 is 0 Å². The van der Waals surface area contributed by atoms with Gasteiger partial charge in [0.2, 0.25) is 0 Å². The quantitative estimate of drug-likeness (QED) is 0.341. The van der Waals surface area contributed by atoms with Crippen LogP contribution in [0.25, 0.3) is 0 Å². The Hall–Kier alpha value is -1.61. The van der Waals surface area contributed by atoms with Crippen molar-refractivity contribution in [3.05, 3.63) is 47.6 Å². The van der Waals surface area contributed by atoms with Crippen LogP contribution in [-0.2, 0) is 9.53 Å². The molecule has 0 spiro atoms. The van der Waals surface area contributed by atoms with Gasteiger partial charge in [-0.15, -0.1) is 0 Å². The molecule has 0 bridgehead atoms. The van der Waals surface area contributed by atoms with E-state index in [0.717, 1.165) is 23.5 Å². The van der Waals surface area contributed by atoms with Crippen molar-refractivity contribution < 1.29 is 14.6 Å². The van der Waals surface area contributed by atoms with Crippen LogP contribution in [0.4, 0.5) is 0 Å². The van der Waals surface area contributed by atoms with E-state index in [4.69, 9.17) is 4.74 Å². The highest BCUT2D eigenvalue weighted by atomic mass is 16.5. The zero-order valence-corrected chi connectivity index (χ0v) is 21.8. The van der Waals surface area contributed by atoms with Crippen molar-refractivity contribution in [3.8, 4) is 0 Å². The van der Waals surface area contributed by atoms with Crippen molar-refractivity contribution in [1.82, 2.24) is 0 Å². The number of allylic oxidation sites excluding steroid dienone is 5. The Bertz CT molecular complexity index is 816. The van der Waals surface area contributed by atoms with Crippen molar-refractivity contribution in [2.24, 2.45) is 35.0 Å². The minimum atomic E-state index is -0.488. The van der Waals surface area contributed by atoms with Crippen molar-refractivity contribution >= 4 is 5.97 Å². The van der Waals surface area contributed by atoms with Crippen LogP contribution in [0, 0.1) is 35.0 Å². The Labute approximate surface area is 202 Å². The minimum Gasteiger partial charge on any atom is -0.458 e. The van der Waals surface area contributed by atoms with Crippen LogP contribution in [0.15, 0.2) is 47.6 Å². The maximum Gasteiger partial charge on any atom is 0.303 e. The average Bonchev–Trinajstić information content (AvgIpc) is 3.10. The van der Waals surface area contributed by atoms with Gasteiger partial charge in [-0.2, -0.15) is 0 Å². The lowest BCUT2D eigenvalue weighted by molar-refractivity contribution is -0.146. The van der Waals surface area contributed by atoms with Gasteiger partial charge in [-0.05, 0) is 84.7 Å². The molecule has 3 aliphatic rings. The number of hydrogen-bond donors (Lipinski definition) is 1. The summed E-state index contributed by atoms with van der Waals surface area (Å²) in [4.78, 5) is 11.5. The fourth-order valence-electron chi connectivity index (χ4n) is 6.62. The second-order valence-electron chi connectivity index (χ2n) is 11.6. The summed E-state index contributed by atoms with van der Waals surface area (Å²) >= 11 is 0. The van der Waals surface area contributed by atoms with Crippen LogP contribution in [0.1, 0.15) is 86.5 Å². The summed E-state index contributed by atoms with van der Waals surface area (Å²) in [5, 5.41) is 10.3. The lowest BCUT2D eigenvalue weighted by Gasteiger charge is -2.44. The molecule has 0 radical (unpaired) electrons. The Balaban J connectivity index is 1.77. The van der Waals surface area contributed by atoms with Gasteiger partial charge in [-0.1, -0.05) is 71.1 Å². The topological polar surface area (TPSA) is 46.5 Å². The lowest BCUT2D eigenvalue weighted by Crippen LogP contribution is -2.35. The number of fused-ring (bicyclic) bond motifs is 1. The summed E-state index contributed by atoms with van der Waals surface area (Å²) < 4.78 is 5.41. The fourth-order valence-corrected chi connectivity index (χ4v) is 6.62. The van der Waals surface area contributed by atoms with Crippen molar-refractivity contribution in [1.29, 1.82) is 0 Å². The van der Waals surface area contributed by atoms with Gasteiger partial charge in [-0.3, -0.25) is 4.79 Å². The van der Waals surface area contributed by atoms with Gasteiger partial charge in [0.25, 0.3) is 0 Å². The minimum absolute atomic E-state index is 0.320. The largest absolute Gasteiger partial charge is 0.458 e. The van der Waals surface area contributed by atoms with Gasteiger partial charge in [0, 0.05) is 13.3 Å². The predicted octanol–water partition coefficient (Wildman–Crippen LogP) is 7.18. The maximum atomic E-state index is 11.5. The molecule has 1 N–H and O–H groups in total. The van der Waals surface area contributed by atoms with Gasteiger partial charge >= 0.3 is 5.97 Å². The zero-order valence-electron chi connectivity index (χ0n) is 21.8. The van der Waals surface area contributed by atoms with Crippen molar-refractivity contribution in [2.45, 2.75) is 98.7 Å². The molecule has 184 valence electrons. The molecule has 0 amide bonds. The first kappa shape index (κ1) is 26.0. The van der Waals surface area contributed by atoms with Crippen LogP contribution >= 0.6 is 0 Å². The third-order valence-electron chi connectivity index (χ3n) is 8.99. The number of hydrogen-bond acceptors (Lipinski definition) is 3. The number of esters is 1. The molecule has 1 unspecified atom stereocenters. The van der Waals surface area contributed by atoms with E-state index in [1.807, 2.05) is 0 Å². The Morgan fingerprint density at radius 2 is 1.91 bits per heavy atom. The summed E-state index contributed by atoms with van der Waals surface area (Å²) in [7, 11) is 0. The number of aliphatic hydroxyl groups excluding tert-OH is 1. The van der Waals surface area contributed by atoms with E-state index in [-0.39, 0.29) is 5.97 Å². The molecule has 3 saturated carbocycles. The monoisotopic (exact) mass is 454 g/mol. The van der Waals surface area contributed by atoms with E-state index in [1.165, 1.54) is 32.6 Å². The summed E-state index contributed by atoms with van der Waals surface area (Å²) in [5.41, 5.74) is 3.78. The third kappa shape index (κ3) is 5.91. The molecule has 3 rings (SSSR count). The molecule has 0 heterocycles. The molecule has 3 heteroatoms. The first-order valence-electron chi connectivity index (χ1n) is 13.1. The van der Waals surface area contributed by atoms with Crippen LogP contribution in [0.2, 0.25) is 0 Å². The SMILES string of the molecule is C=C1C(=CC=C2CCC[C@]3(C)C([C@H](C)C=C[C@H](C)C(C)C)CC[C@@H]23)C[C@@H](O)C[C@@H]1OC(C)=O. The van der Waals surface area contributed by atoms with Crippen LogP contribution in [0.5, 0.6) is 0 Å². The number of aliphatic hydroxyl groups is 1. The fraction of sp³-hybridized carbons (Fsp3) is 0.700. The highest BCUT2D eigenvalue weighted by Crippen LogP contribution is 2.59. The summed E-state index contributed by atoms with van der Waals surface area (Å²) in [6, 6.07) is 0. The molecule has 0 aromatic carbocycles. The van der Waals surface area contributed by atoms with Crippen molar-refractivity contribution in [3.63, 3.8) is 0 Å². The van der Waals surface area contributed by atoms with E-state index in [9.17, 15) is 9.90 Å². The average molecular weight is 455 g/mol. The molecule has 3 nitrogen and oxygen atoms in total. The third-order valence-corrected chi connectivity index (χ3v) is 8.99. The van der Waals surface area contributed by atoms with E-state index < -0.39 is 12.2 Å². The zero-order chi connectivity index (χ0) is 24.3. The van der Waals surface area contributed by atoms with Gasteiger partial charge in [0.1, 0.15) is 6.10 Å². The molecular formula is C30H46O3. The standard InChI is InChI=1S/C30H46O3/c1-19(2)20(3)10-11-21(4)27-14-15-28-24(9-8-16-30(27,28)7)12-13-25-17-26(32)18-29(22(25)5)33-23(6)31/h10-13,19-21,26-29,32H,5,8-9,14-18H2,1-4,6-7H3/t20-,21+,26+,27?,28-,29-,30+/m0/s1. The van der Waals surface area contributed by atoms with Gasteiger partial charge in [0.05, 0.1) is 6.10 Å². The smallest absolute Gasteiger partial charge is 0.303 e. The molecule has 7 atom stereocenters. The molecule has 0 aliphatic heterocycles. The molecular weight excluding hydrogens is 408 g/mol. The van der Waals surface area contributed by atoms with Crippen LogP contribution < -0.4 is 0 Å². The predicted molar refractivity (Wildman–Crippen MR) is 137 cm³/mol. The molecule has 0 aromatic heterocycles. The second-order valence-corrected chi connectivity index (χ2v) is 11.6. The van der Waals surface area contributed by atoms with Crippen LogP contribution in [-0.4, -0.2) is 23.3 Å². The highest BCUT2D eigenvalue weighted by molar-refractivity contribution is 5.66. The first-order chi connectivity index (χ1) is 15.5. The van der Waals surface area contributed by atoms with E-state index in [2.05, 4.69) is 65.5 Å². The number of carbonyl (C=O) groups is 1.